The number of hydrogen-bond acceptors (Lipinski definition) is 11. The molecule has 11 heteroatoms. The Hall–Kier alpha value is -4.16. The molecule has 4 rings (SSSR count). The van der Waals surface area contributed by atoms with Crippen LogP contribution in [0.25, 0.3) is 0 Å². The molecule has 0 saturated carbocycles. The molecule has 1 saturated heterocycles. The van der Waals surface area contributed by atoms with Crippen LogP contribution in [-0.4, -0.2) is 78.6 Å². The van der Waals surface area contributed by atoms with Gasteiger partial charge in [-0.15, -0.1) is 0 Å². The van der Waals surface area contributed by atoms with E-state index in [1.54, 1.807) is 24.3 Å². The summed E-state index contributed by atoms with van der Waals surface area (Å²) in [4.78, 5) is 25.6. The van der Waals surface area contributed by atoms with E-state index in [0.29, 0.717) is 22.6 Å². The molecule has 3 N–H and O–H groups in total. The van der Waals surface area contributed by atoms with E-state index in [9.17, 15) is 24.9 Å². The Labute approximate surface area is 287 Å². The lowest BCUT2D eigenvalue weighted by Gasteiger charge is -2.40. The van der Waals surface area contributed by atoms with Crippen LogP contribution in [0.5, 0.6) is 23.0 Å². The molecule has 2 aliphatic heterocycles. The van der Waals surface area contributed by atoms with Crippen LogP contribution in [0, 0.1) is 0 Å². The van der Waals surface area contributed by atoms with Gasteiger partial charge in [0, 0.05) is 6.07 Å². The van der Waals surface area contributed by atoms with Gasteiger partial charge in [0.15, 0.2) is 17.3 Å². The van der Waals surface area contributed by atoms with Gasteiger partial charge in [-0.25, -0.2) is 0 Å². The van der Waals surface area contributed by atoms with E-state index < -0.39 is 42.8 Å². The number of ketones is 1. The summed E-state index contributed by atoms with van der Waals surface area (Å²) < 4.78 is 33.9. The maximum atomic E-state index is 13.0. The Morgan fingerprint density at radius 2 is 1.65 bits per heavy atom. The van der Waals surface area contributed by atoms with Gasteiger partial charge in [-0.3, -0.25) is 9.59 Å². The molecular formula is C38H48O11. The van der Waals surface area contributed by atoms with Gasteiger partial charge < -0.3 is 43.7 Å². The zero-order valence-electron chi connectivity index (χ0n) is 28.8. The Kier molecular flexibility index (Phi) is 13.4. The first-order chi connectivity index (χ1) is 23.4. The molecular weight excluding hydrogens is 632 g/mol. The quantitative estimate of drug-likeness (QED) is 0.160. The molecule has 2 aromatic carbocycles. The highest BCUT2D eigenvalue weighted by Gasteiger charge is 2.45. The van der Waals surface area contributed by atoms with E-state index in [4.69, 9.17) is 28.4 Å². The van der Waals surface area contributed by atoms with E-state index in [2.05, 4.69) is 26.5 Å². The van der Waals surface area contributed by atoms with Gasteiger partial charge in [-0.05, 0) is 76.3 Å². The van der Waals surface area contributed by atoms with Crippen LogP contribution in [-0.2, 0) is 14.3 Å². The minimum Gasteiger partial charge on any atom is -0.493 e. The van der Waals surface area contributed by atoms with E-state index in [1.165, 1.54) is 31.9 Å². The van der Waals surface area contributed by atoms with Gasteiger partial charge in [0.2, 0.25) is 6.29 Å². The number of carbonyl (C=O) groups is 2. The van der Waals surface area contributed by atoms with Crippen molar-refractivity contribution >= 4 is 11.8 Å². The third kappa shape index (κ3) is 10.2. The summed E-state index contributed by atoms with van der Waals surface area (Å²) in [6.07, 6.45) is -0.181. The number of Topliss-reactive ketones (excluding diaryl/α,β-unsaturated/α-hetero) is 1. The zero-order chi connectivity index (χ0) is 35.7. The molecule has 6 unspecified atom stereocenters. The Bertz CT molecular complexity index is 1540. The largest absolute Gasteiger partial charge is 0.493 e. The predicted molar refractivity (Wildman–Crippen MR) is 182 cm³/mol. The van der Waals surface area contributed by atoms with Crippen LogP contribution in [0.4, 0.5) is 0 Å². The highest BCUT2D eigenvalue weighted by molar-refractivity contribution is 6.00. The van der Waals surface area contributed by atoms with Crippen molar-refractivity contribution in [2.24, 2.45) is 0 Å². The van der Waals surface area contributed by atoms with Gasteiger partial charge in [0.25, 0.3) is 0 Å². The van der Waals surface area contributed by atoms with Crippen molar-refractivity contribution in [2.75, 3.05) is 20.8 Å². The zero-order valence-corrected chi connectivity index (χ0v) is 28.8. The molecule has 0 aliphatic carbocycles. The number of esters is 1. The molecule has 0 spiro atoms. The van der Waals surface area contributed by atoms with Gasteiger partial charge in [0.1, 0.15) is 48.6 Å². The van der Waals surface area contributed by atoms with Crippen LogP contribution in [0.2, 0.25) is 0 Å². The van der Waals surface area contributed by atoms with Crippen molar-refractivity contribution in [3.05, 3.63) is 83.0 Å². The number of benzene rings is 2. The highest BCUT2D eigenvalue weighted by Crippen LogP contribution is 2.40. The summed E-state index contributed by atoms with van der Waals surface area (Å²) in [5.74, 6) is 0.836. The molecule has 2 aliphatic rings. The minimum absolute atomic E-state index is 0.0519. The predicted octanol–water partition coefficient (Wildman–Crippen LogP) is 5.56. The van der Waals surface area contributed by atoms with Crippen molar-refractivity contribution < 1.29 is 53.3 Å². The molecule has 11 nitrogen and oxygen atoms in total. The third-order valence-corrected chi connectivity index (χ3v) is 8.47. The van der Waals surface area contributed by atoms with E-state index >= 15 is 0 Å². The number of rotatable bonds is 15. The Morgan fingerprint density at radius 3 is 2.35 bits per heavy atom. The SMILES string of the molecule is C=C(CCC=C(C)C)CC/C=C(\C)CC(=O)OCC1OC(Oc2ccc3c(c2)OC(c2ccc(OC)c(OC)c2)CC3=O)C(O)C(O)C1O. The maximum absolute atomic E-state index is 13.0. The fourth-order valence-electron chi connectivity index (χ4n) is 5.64. The lowest BCUT2D eigenvalue weighted by molar-refractivity contribution is -0.278. The summed E-state index contributed by atoms with van der Waals surface area (Å²) in [5.41, 5.74) is 4.35. The standard InChI is InChI=1S/C38H48O11/c1-22(2)9-7-10-23(3)11-8-12-24(4)17-34(40)46-21-33-35(41)36(42)37(43)38(49-33)47-26-14-15-27-28(39)20-30(48-31(27)19-26)25-13-16-29(44-5)32(18-25)45-6/h9,12-16,18-19,30,33,35-38,41-43H,3,7-8,10-11,17,20-21H2,1-2,4-6H3/b24-12+. The molecule has 0 radical (unpaired) electrons. The molecule has 266 valence electrons. The van der Waals surface area contributed by atoms with Crippen molar-refractivity contribution in [1.29, 1.82) is 0 Å². The molecule has 6 atom stereocenters. The van der Waals surface area contributed by atoms with Crippen LogP contribution < -0.4 is 18.9 Å². The van der Waals surface area contributed by atoms with Gasteiger partial charge in [-0.1, -0.05) is 41.5 Å². The summed E-state index contributed by atoms with van der Waals surface area (Å²) in [6, 6.07) is 9.84. The lowest BCUT2D eigenvalue weighted by Crippen LogP contribution is -2.60. The number of aliphatic hydroxyl groups is 3. The number of aliphatic hydroxyl groups excluding tert-OH is 3. The van der Waals surface area contributed by atoms with E-state index in [0.717, 1.165) is 36.8 Å². The average Bonchev–Trinajstić information content (AvgIpc) is 3.07. The van der Waals surface area contributed by atoms with Crippen LogP contribution in [0.1, 0.15) is 81.3 Å². The molecule has 1 fully saturated rings. The Morgan fingerprint density at radius 1 is 0.939 bits per heavy atom. The first-order valence-electron chi connectivity index (χ1n) is 16.4. The van der Waals surface area contributed by atoms with Gasteiger partial charge in [-0.2, -0.15) is 0 Å². The summed E-state index contributed by atoms with van der Waals surface area (Å²) in [5, 5.41) is 31.8. The van der Waals surface area contributed by atoms with Gasteiger partial charge in [0.05, 0.1) is 32.6 Å². The molecule has 2 aromatic rings. The number of fused-ring (bicyclic) bond motifs is 1. The highest BCUT2D eigenvalue weighted by atomic mass is 16.7. The second kappa shape index (κ2) is 17.5. The molecule has 0 amide bonds. The topological polar surface area (TPSA) is 150 Å². The van der Waals surface area contributed by atoms with Crippen molar-refractivity contribution in [2.45, 2.75) is 96.1 Å². The number of methoxy groups -OCH3 is 2. The summed E-state index contributed by atoms with van der Waals surface area (Å²) in [6.45, 7) is 9.74. The van der Waals surface area contributed by atoms with E-state index in [1.807, 2.05) is 13.0 Å². The van der Waals surface area contributed by atoms with Crippen LogP contribution in [0.3, 0.4) is 0 Å². The van der Waals surface area contributed by atoms with Crippen molar-refractivity contribution in [3.8, 4) is 23.0 Å². The first-order valence-corrected chi connectivity index (χ1v) is 16.4. The second-order valence-electron chi connectivity index (χ2n) is 12.7. The van der Waals surface area contributed by atoms with Crippen molar-refractivity contribution in [3.63, 3.8) is 0 Å². The fourth-order valence-corrected chi connectivity index (χ4v) is 5.64. The molecule has 49 heavy (non-hydrogen) atoms. The molecule has 0 aromatic heterocycles. The van der Waals surface area contributed by atoms with Gasteiger partial charge >= 0.3 is 5.97 Å². The third-order valence-electron chi connectivity index (χ3n) is 8.47. The Balaban J connectivity index is 1.33. The maximum Gasteiger partial charge on any atom is 0.309 e. The van der Waals surface area contributed by atoms with Crippen LogP contribution >= 0.6 is 0 Å². The molecule has 2 heterocycles. The number of hydrogen-bond donors (Lipinski definition) is 3. The normalized spacial score (nSPS) is 23.5. The average molecular weight is 681 g/mol. The number of ether oxygens (including phenoxy) is 6. The summed E-state index contributed by atoms with van der Waals surface area (Å²) in [7, 11) is 3.06. The van der Waals surface area contributed by atoms with Crippen molar-refractivity contribution in [1.82, 2.24) is 0 Å². The lowest BCUT2D eigenvalue weighted by atomic mass is 9.96. The van der Waals surface area contributed by atoms with E-state index in [-0.39, 0.29) is 36.7 Å². The van der Waals surface area contributed by atoms with Crippen LogP contribution in [0.15, 0.2) is 71.8 Å². The molecule has 0 bridgehead atoms. The second-order valence-corrected chi connectivity index (χ2v) is 12.7. The fraction of sp³-hybridized carbons (Fsp3) is 0.474. The smallest absolute Gasteiger partial charge is 0.309 e. The minimum atomic E-state index is -1.64. The number of carbonyl (C=O) groups excluding carboxylic acids is 2. The number of allylic oxidation sites excluding steroid dienone is 4. The first kappa shape index (κ1) is 37.7. The summed E-state index contributed by atoms with van der Waals surface area (Å²) >= 11 is 0. The monoisotopic (exact) mass is 680 g/mol.